The van der Waals surface area contributed by atoms with Gasteiger partial charge in [-0.2, -0.15) is 4.80 Å². The summed E-state index contributed by atoms with van der Waals surface area (Å²) in [6.45, 7) is 3.88. The normalized spacial score (nSPS) is 9.57. The Morgan fingerprint density at radius 2 is 2.36 bits per heavy atom. The molecule has 0 aliphatic carbocycles. The summed E-state index contributed by atoms with van der Waals surface area (Å²) in [4.78, 5) is 12.0. The Kier molecular flexibility index (Phi) is 3.46. The molecule has 0 saturated heterocycles. The second kappa shape index (κ2) is 4.61. The van der Waals surface area contributed by atoms with Gasteiger partial charge in [0.05, 0.1) is 6.54 Å². The van der Waals surface area contributed by atoms with Crippen molar-refractivity contribution in [1.82, 2.24) is 25.5 Å². The molecule has 1 heterocycles. The van der Waals surface area contributed by atoms with Crippen LogP contribution in [0.2, 0.25) is 0 Å². The Balaban J connectivity index is 2.51. The maximum Gasteiger partial charge on any atom is 0.269 e. The zero-order valence-electron chi connectivity index (χ0n) is 7.81. The predicted octanol–water partition coefficient (Wildman–Crippen LogP) is -0.474. The Hall–Kier alpha value is -1.57. The molecule has 0 spiro atoms. The number of nitrogens with one attached hydrogen (secondary N) is 2. The van der Waals surface area contributed by atoms with E-state index in [4.69, 9.17) is 12.2 Å². The number of aromatic nitrogens is 4. The molecule has 1 aromatic rings. The van der Waals surface area contributed by atoms with Crippen molar-refractivity contribution in [2.45, 2.75) is 20.4 Å². The van der Waals surface area contributed by atoms with E-state index in [9.17, 15) is 4.79 Å². The van der Waals surface area contributed by atoms with Gasteiger partial charge in [-0.15, -0.1) is 5.10 Å². The van der Waals surface area contributed by atoms with Crippen LogP contribution in [0.25, 0.3) is 0 Å². The lowest BCUT2D eigenvalue weighted by Crippen LogP contribution is -2.32. The average Bonchev–Trinajstić information content (AvgIpc) is 2.50. The lowest BCUT2D eigenvalue weighted by Gasteiger charge is -2.02. The highest BCUT2D eigenvalue weighted by atomic mass is 32.1. The predicted molar refractivity (Wildman–Crippen MR) is 53.5 cm³/mol. The zero-order chi connectivity index (χ0) is 10.6. The standard InChI is InChI=1S/C6H10N6OS/c1-3-12-10-5(9-11-12)8-6(14)7-4(2)13/h3H2,1-2H3,(H2,7,8,10,13,14). The average molecular weight is 214 g/mol. The third kappa shape index (κ3) is 3.05. The molecule has 0 unspecified atom stereocenters. The fraction of sp³-hybridized carbons (Fsp3) is 0.500. The molecule has 14 heavy (non-hydrogen) atoms. The first kappa shape index (κ1) is 10.5. The van der Waals surface area contributed by atoms with Gasteiger partial charge in [0.15, 0.2) is 5.11 Å². The smallest absolute Gasteiger partial charge is 0.269 e. The van der Waals surface area contributed by atoms with Crippen LogP contribution in [0.1, 0.15) is 13.8 Å². The van der Waals surface area contributed by atoms with Crippen LogP contribution >= 0.6 is 12.2 Å². The van der Waals surface area contributed by atoms with Crippen LogP contribution in [0.5, 0.6) is 0 Å². The van der Waals surface area contributed by atoms with Gasteiger partial charge in [0.25, 0.3) is 5.95 Å². The van der Waals surface area contributed by atoms with Crippen LogP contribution in [0.4, 0.5) is 5.95 Å². The molecular weight excluding hydrogens is 204 g/mol. The summed E-state index contributed by atoms with van der Waals surface area (Å²) in [5.74, 6) is 0.0241. The van der Waals surface area contributed by atoms with E-state index in [0.29, 0.717) is 6.54 Å². The van der Waals surface area contributed by atoms with Crippen LogP contribution in [-0.4, -0.2) is 31.2 Å². The molecule has 8 heteroatoms. The summed E-state index contributed by atoms with van der Waals surface area (Å²) in [7, 11) is 0. The zero-order valence-corrected chi connectivity index (χ0v) is 8.63. The molecule has 0 radical (unpaired) electrons. The molecule has 2 N–H and O–H groups in total. The van der Waals surface area contributed by atoms with E-state index >= 15 is 0 Å². The van der Waals surface area contributed by atoms with Crippen LogP contribution in [-0.2, 0) is 11.3 Å². The molecule has 0 atom stereocenters. The molecule has 0 saturated carbocycles. The number of thiocarbonyl (C=S) groups is 1. The lowest BCUT2D eigenvalue weighted by atomic mass is 10.7. The van der Waals surface area contributed by atoms with Gasteiger partial charge >= 0.3 is 0 Å². The molecule has 0 fully saturated rings. The minimum absolute atomic E-state index is 0.160. The number of rotatable bonds is 2. The number of aryl methyl sites for hydroxylation is 1. The summed E-state index contributed by atoms with van der Waals surface area (Å²) in [5, 5.41) is 16.5. The number of carbonyl (C=O) groups excluding carboxylic acids is 1. The van der Waals surface area contributed by atoms with Crippen LogP contribution in [0.15, 0.2) is 0 Å². The van der Waals surface area contributed by atoms with Crippen molar-refractivity contribution >= 4 is 29.2 Å². The van der Waals surface area contributed by atoms with E-state index in [-0.39, 0.29) is 17.0 Å². The second-order valence-corrected chi connectivity index (χ2v) is 2.85. The second-order valence-electron chi connectivity index (χ2n) is 2.44. The Bertz CT molecular complexity index is 348. The molecule has 76 valence electrons. The van der Waals surface area contributed by atoms with Crippen LogP contribution in [0.3, 0.4) is 0 Å². The van der Waals surface area contributed by atoms with Gasteiger partial charge in [-0.25, -0.2) is 0 Å². The summed E-state index contributed by atoms with van der Waals surface area (Å²) in [5.41, 5.74) is 0. The van der Waals surface area contributed by atoms with Crippen molar-refractivity contribution in [1.29, 1.82) is 0 Å². The van der Waals surface area contributed by atoms with Crippen molar-refractivity contribution in [2.75, 3.05) is 5.32 Å². The first-order valence-electron chi connectivity index (χ1n) is 3.98. The Labute approximate surface area is 85.9 Å². The number of hydrogen-bond acceptors (Lipinski definition) is 5. The van der Waals surface area contributed by atoms with E-state index in [1.807, 2.05) is 6.92 Å². The Morgan fingerprint density at radius 1 is 1.64 bits per heavy atom. The third-order valence-electron chi connectivity index (χ3n) is 1.25. The Morgan fingerprint density at radius 3 is 2.86 bits per heavy atom. The van der Waals surface area contributed by atoms with Crippen molar-refractivity contribution in [3.63, 3.8) is 0 Å². The maximum absolute atomic E-state index is 10.6. The lowest BCUT2D eigenvalue weighted by molar-refractivity contribution is -0.117. The van der Waals surface area contributed by atoms with Crippen LogP contribution in [0, 0.1) is 0 Å². The van der Waals surface area contributed by atoms with Crippen molar-refractivity contribution in [2.24, 2.45) is 0 Å². The SMILES string of the molecule is CCn1nnc(NC(=S)NC(C)=O)n1. The molecule has 0 aromatic carbocycles. The van der Waals surface area contributed by atoms with Gasteiger partial charge < -0.3 is 5.32 Å². The third-order valence-corrected chi connectivity index (χ3v) is 1.45. The van der Waals surface area contributed by atoms with E-state index in [1.54, 1.807) is 0 Å². The van der Waals surface area contributed by atoms with Crippen molar-refractivity contribution < 1.29 is 4.79 Å². The summed E-state index contributed by atoms with van der Waals surface area (Å²) in [6.07, 6.45) is 0. The van der Waals surface area contributed by atoms with E-state index in [0.717, 1.165) is 0 Å². The van der Waals surface area contributed by atoms with Gasteiger partial charge in [0, 0.05) is 6.92 Å². The molecule has 0 bridgehead atoms. The van der Waals surface area contributed by atoms with Crippen molar-refractivity contribution in [3.05, 3.63) is 0 Å². The highest BCUT2D eigenvalue weighted by molar-refractivity contribution is 7.80. The highest BCUT2D eigenvalue weighted by Gasteiger charge is 2.04. The number of tetrazole rings is 1. The molecule has 1 aromatic heterocycles. The largest absolute Gasteiger partial charge is 0.303 e. The highest BCUT2D eigenvalue weighted by Crippen LogP contribution is 1.92. The number of amides is 1. The molecule has 0 aliphatic rings. The quantitative estimate of drug-likeness (QED) is 0.647. The van der Waals surface area contributed by atoms with Gasteiger partial charge in [-0.05, 0) is 24.4 Å². The molecule has 1 amide bonds. The molecular formula is C6H10N6OS. The maximum atomic E-state index is 10.6. The fourth-order valence-electron chi connectivity index (χ4n) is 0.720. The molecule has 0 aliphatic heterocycles. The van der Waals surface area contributed by atoms with Gasteiger partial charge in [0.2, 0.25) is 5.91 Å². The number of nitrogens with zero attached hydrogens (tertiary/aromatic N) is 4. The number of hydrogen-bond donors (Lipinski definition) is 2. The van der Waals surface area contributed by atoms with Crippen molar-refractivity contribution in [3.8, 4) is 0 Å². The summed E-state index contributed by atoms with van der Waals surface area (Å²) >= 11 is 4.80. The number of anilines is 1. The van der Waals surface area contributed by atoms with E-state index < -0.39 is 0 Å². The van der Waals surface area contributed by atoms with E-state index in [2.05, 4.69) is 26.0 Å². The summed E-state index contributed by atoms with van der Waals surface area (Å²) in [6, 6.07) is 0. The minimum Gasteiger partial charge on any atom is -0.303 e. The monoisotopic (exact) mass is 214 g/mol. The minimum atomic E-state index is -0.245. The van der Waals surface area contributed by atoms with Crippen LogP contribution < -0.4 is 10.6 Å². The first-order valence-corrected chi connectivity index (χ1v) is 4.39. The first-order chi connectivity index (χ1) is 6.61. The van der Waals surface area contributed by atoms with Gasteiger partial charge in [-0.3, -0.25) is 10.1 Å². The molecule has 7 nitrogen and oxygen atoms in total. The number of carbonyl (C=O) groups is 1. The fourth-order valence-corrected chi connectivity index (χ4v) is 0.955. The topological polar surface area (TPSA) is 84.7 Å². The van der Waals surface area contributed by atoms with E-state index in [1.165, 1.54) is 11.7 Å². The summed E-state index contributed by atoms with van der Waals surface area (Å²) < 4.78 is 0. The molecule has 1 rings (SSSR count). The van der Waals surface area contributed by atoms with Gasteiger partial charge in [0.1, 0.15) is 0 Å². The van der Waals surface area contributed by atoms with Gasteiger partial charge in [-0.1, -0.05) is 5.10 Å².